The lowest BCUT2D eigenvalue weighted by atomic mass is 10.2. The van der Waals surface area contributed by atoms with Crippen molar-refractivity contribution in [1.29, 1.82) is 0 Å². The summed E-state index contributed by atoms with van der Waals surface area (Å²) in [5.74, 6) is -0.222. The molecular weight excluding hydrogens is 263 g/mol. The summed E-state index contributed by atoms with van der Waals surface area (Å²) < 4.78 is 40.3. The van der Waals surface area contributed by atoms with Gasteiger partial charge in [0.2, 0.25) is 0 Å². The molecule has 4 N–H and O–H groups in total. The lowest BCUT2D eigenvalue weighted by molar-refractivity contribution is -0.274. The van der Waals surface area contributed by atoms with Gasteiger partial charge in [-0.15, -0.1) is 13.2 Å². The van der Waals surface area contributed by atoms with Gasteiger partial charge in [0, 0.05) is 13.0 Å². The molecule has 106 valence electrons. The SMILES string of the molecule is NC(CCCNc1ccccc1OC(F)(F)F)=NO. The first kappa shape index (κ1) is 14.9. The molecule has 0 spiro atoms. The van der Waals surface area contributed by atoms with E-state index >= 15 is 0 Å². The summed E-state index contributed by atoms with van der Waals surface area (Å²) in [6.07, 6.45) is -3.88. The molecule has 0 radical (unpaired) electrons. The highest BCUT2D eigenvalue weighted by Gasteiger charge is 2.31. The zero-order valence-corrected chi connectivity index (χ0v) is 9.94. The van der Waals surface area contributed by atoms with Crippen LogP contribution >= 0.6 is 0 Å². The predicted octanol–water partition coefficient (Wildman–Crippen LogP) is 2.52. The number of hydrogen-bond acceptors (Lipinski definition) is 4. The Morgan fingerprint density at radius 2 is 2.05 bits per heavy atom. The average molecular weight is 277 g/mol. The van der Waals surface area contributed by atoms with Crippen LogP contribution in [-0.4, -0.2) is 23.9 Å². The van der Waals surface area contributed by atoms with Gasteiger partial charge in [-0.05, 0) is 18.6 Å². The third-order valence-electron chi connectivity index (χ3n) is 2.17. The zero-order chi connectivity index (χ0) is 14.3. The van der Waals surface area contributed by atoms with Gasteiger partial charge >= 0.3 is 6.36 Å². The normalized spacial score (nSPS) is 12.3. The Labute approximate surface area is 107 Å². The van der Waals surface area contributed by atoms with Gasteiger partial charge in [0.1, 0.15) is 5.84 Å². The monoisotopic (exact) mass is 277 g/mol. The smallest absolute Gasteiger partial charge is 0.409 e. The standard InChI is InChI=1S/C11H14F3N3O2/c12-11(13,14)19-9-5-2-1-4-8(9)16-7-3-6-10(15)17-18/h1-2,4-5,16,18H,3,6-7H2,(H2,15,17). The number of nitrogens with zero attached hydrogens (tertiary/aromatic N) is 1. The lowest BCUT2D eigenvalue weighted by Crippen LogP contribution is -2.18. The van der Waals surface area contributed by atoms with Crippen molar-refractivity contribution < 1.29 is 23.1 Å². The van der Waals surface area contributed by atoms with Crippen molar-refractivity contribution in [2.45, 2.75) is 19.2 Å². The molecular formula is C11H14F3N3O2. The summed E-state index contributed by atoms with van der Waals surface area (Å²) in [6.45, 7) is 0.369. The maximum absolute atomic E-state index is 12.2. The van der Waals surface area contributed by atoms with Crippen LogP contribution in [0.4, 0.5) is 18.9 Å². The first-order valence-corrected chi connectivity index (χ1v) is 5.47. The molecule has 0 saturated heterocycles. The van der Waals surface area contributed by atoms with E-state index in [1.54, 1.807) is 6.07 Å². The van der Waals surface area contributed by atoms with Crippen molar-refractivity contribution in [2.75, 3.05) is 11.9 Å². The number of oxime groups is 1. The van der Waals surface area contributed by atoms with Crippen molar-refractivity contribution in [1.82, 2.24) is 0 Å². The molecule has 1 aromatic rings. The predicted molar refractivity (Wildman–Crippen MR) is 64.3 cm³/mol. The van der Waals surface area contributed by atoms with Crippen molar-refractivity contribution in [3.8, 4) is 5.75 Å². The van der Waals surface area contributed by atoms with Crippen LogP contribution in [0, 0.1) is 0 Å². The fraction of sp³-hybridized carbons (Fsp3) is 0.364. The molecule has 0 aliphatic heterocycles. The molecule has 0 aliphatic carbocycles. The van der Waals surface area contributed by atoms with Gasteiger partial charge in [-0.2, -0.15) is 0 Å². The molecule has 0 heterocycles. The molecule has 0 aromatic heterocycles. The molecule has 0 saturated carbocycles. The number of anilines is 1. The Balaban J connectivity index is 2.54. The van der Waals surface area contributed by atoms with E-state index in [4.69, 9.17) is 10.9 Å². The van der Waals surface area contributed by atoms with E-state index in [0.29, 0.717) is 19.4 Å². The lowest BCUT2D eigenvalue weighted by Gasteiger charge is -2.14. The number of nitrogens with two attached hydrogens (primary N) is 1. The number of benzene rings is 1. The second-order valence-corrected chi connectivity index (χ2v) is 3.67. The molecule has 1 aromatic carbocycles. The number of halogens is 3. The van der Waals surface area contributed by atoms with Gasteiger partial charge in [0.25, 0.3) is 0 Å². The van der Waals surface area contributed by atoms with Crippen LogP contribution < -0.4 is 15.8 Å². The summed E-state index contributed by atoms with van der Waals surface area (Å²) in [5, 5.41) is 13.9. The Morgan fingerprint density at radius 3 is 2.68 bits per heavy atom. The summed E-state index contributed by atoms with van der Waals surface area (Å²) >= 11 is 0. The number of rotatable bonds is 6. The Hall–Kier alpha value is -2.12. The molecule has 0 bridgehead atoms. The maximum atomic E-state index is 12.2. The number of ether oxygens (including phenoxy) is 1. The third-order valence-corrected chi connectivity index (χ3v) is 2.17. The van der Waals surface area contributed by atoms with Crippen molar-refractivity contribution in [2.24, 2.45) is 10.9 Å². The largest absolute Gasteiger partial charge is 0.573 e. The minimum atomic E-state index is -4.73. The minimum Gasteiger partial charge on any atom is -0.409 e. The van der Waals surface area contributed by atoms with Gasteiger partial charge in [-0.25, -0.2) is 0 Å². The van der Waals surface area contributed by atoms with E-state index < -0.39 is 6.36 Å². The summed E-state index contributed by atoms with van der Waals surface area (Å²) in [4.78, 5) is 0. The number of para-hydroxylation sites is 2. The summed E-state index contributed by atoms with van der Waals surface area (Å²) in [5.41, 5.74) is 5.50. The highest BCUT2D eigenvalue weighted by molar-refractivity contribution is 5.79. The highest BCUT2D eigenvalue weighted by atomic mass is 19.4. The van der Waals surface area contributed by atoms with Gasteiger partial charge in [-0.1, -0.05) is 17.3 Å². The van der Waals surface area contributed by atoms with Gasteiger partial charge in [-0.3, -0.25) is 0 Å². The van der Waals surface area contributed by atoms with E-state index in [1.807, 2.05) is 0 Å². The average Bonchev–Trinajstić information content (AvgIpc) is 2.34. The molecule has 0 amide bonds. The molecule has 0 fully saturated rings. The molecule has 8 heteroatoms. The Morgan fingerprint density at radius 1 is 1.37 bits per heavy atom. The van der Waals surface area contributed by atoms with E-state index in [2.05, 4.69) is 15.2 Å². The molecule has 0 unspecified atom stereocenters. The molecule has 0 atom stereocenters. The van der Waals surface area contributed by atoms with Crippen LogP contribution in [0.3, 0.4) is 0 Å². The highest BCUT2D eigenvalue weighted by Crippen LogP contribution is 2.29. The second kappa shape index (κ2) is 6.72. The summed E-state index contributed by atoms with van der Waals surface area (Å²) in [7, 11) is 0. The van der Waals surface area contributed by atoms with Gasteiger partial charge in [0.05, 0.1) is 5.69 Å². The van der Waals surface area contributed by atoms with Crippen LogP contribution in [0.25, 0.3) is 0 Å². The van der Waals surface area contributed by atoms with Crippen LogP contribution in [0.5, 0.6) is 5.75 Å². The van der Waals surface area contributed by atoms with Crippen LogP contribution in [0.2, 0.25) is 0 Å². The van der Waals surface area contributed by atoms with E-state index in [1.165, 1.54) is 18.2 Å². The second-order valence-electron chi connectivity index (χ2n) is 3.67. The van der Waals surface area contributed by atoms with E-state index in [9.17, 15) is 13.2 Å². The third kappa shape index (κ3) is 5.84. The van der Waals surface area contributed by atoms with E-state index in [-0.39, 0.29) is 17.3 Å². The van der Waals surface area contributed by atoms with E-state index in [0.717, 1.165) is 0 Å². The topological polar surface area (TPSA) is 79.9 Å². The molecule has 0 aliphatic rings. The number of alkyl halides is 3. The van der Waals surface area contributed by atoms with Crippen LogP contribution in [-0.2, 0) is 0 Å². The van der Waals surface area contributed by atoms with Crippen molar-refractivity contribution >= 4 is 11.5 Å². The summed E-state index contributed by atoms with van der Waals surface area (Å²) in [6, 6.07) is 5.74. The van der Waals surface area contributed by atoms with Crippen molar-refractivity contribution in [3.63, 3.8) is 0 Å². The molecule has 1 rings (SSSR count). The van der Waals surface area contributed by atoms with Crippen LogP contribution in [0.15, 0.2) is 29.4 Å². The first-order chi connectivity index (χ1) is 8.92. The zero-order valence-electron chi connectivity index (χ0n) is 9.94. The maximum Gasteiger partial charge on any atom is 0.573 e. The van der Waals surface area contributed by atoms with Crippen LogP contribution in [0.1, 0.15) is 12.8 Å². The molecule has 19 heavy (non-hydrogen) atoms. The first-order valence-electron chi connectivity index (χ1n) is 5.47. The minimum absolute atomic E-state index is 0.0710. The Bertz CT molecular complexity index is 435. The number of amidine groups is 1. The van der Waals surface area contributed by atoms with Crippen molar-refractivity contribution in [3.05, 3.63) is 24.3 Å². The Kier molecular flexibility index (Phi) is 5.28. The quantitative estimate of drug-likeness (QED) is 0.245. The van der Waals surface area contributed by atoms with Gasteiger partial charge < -0.3 is 21.0 Å². The fourth-order valence-corrected chi connectivity index (χ4v) is 1.37. The number of hydrogen-bond donors (Lipinski definition) is 3. The molecule has 5 nitrogen and oxygen atoms in total. The fourth-order valence-electron chi connectivity index (χ4n) is 1.37. The number of nitrogens with one attached hydrogen (secondary N) is 1. The van der Waals surface area contributed by atoms with Gasteiger partial charge in [0.15, 0.2) is 5.75 Å².